The zero-order valence-electron chi connectivity index (χ0n) is 31.8. The summed E-state index contributed by atoms with van der Waals surface area (Å²) in [5, 5.41) is 13.5. The average molecular weight is 937 g/mol. The molecule has 58 heavy (non-hydrogen) atoms. The van der Waals surface area contributed by atoms with Crippen LogP contribution < -0.4 is 0 Å². The van der Waals surface area contributed by atoms with Crippen molar-refractivity contribution in [3.05, 3.63) is 47.0 Å². The standard InChI is InChI=1S/C37H40Cl6O15/c1-17-21(54-18(2)44)13-35(50)28(57-29(47)20-10-8-7-9-11-20)26-33(6,27(46)25(24(17)32(35,4)5)56-31(49)53-16-37(41,42)43)22(55-30(48)52-15-36(38,39)40)12-23-34(26,14-51-23)58-19(3)45/h7-11,21-23,25-26,28,50H,12-16H2,1-6H3/t21-,22-,23+,25+,26-,28-,33+,34-,35+/m0/s1. The van der Waals surface area contributed by atoms with Crippen molar-refractivity contribution in [2.45, 2.75) is 104 Å². The number of halogens is 6. The number of Topliss-reactive ketones (excluding diaryl/α,β-unsaturated/α-hetero) is 1. The molecule has 1 aliphatic heterocycles. The van der Waals surface area contributed by atoms with Gasteiger partial charge in [0.05, 0.1) is 23.5 Å². The third kappa shape index (κ3) is 8.83. The molecule has 3 fully saturated rings. The lowest BCUT2D eigenvalue weighted by atomic mass is 9.44. The van der Waals surface area contributed by atoms with E-state index in [0.29, 0.717) is 0 Å². The van der Waals surface area contributed by atoms with Crippen molar-refractivity contribution >= 4 is 106 Å². The van der Waals surface area contributed by atoms with Crippen molar-refractivity contribution in [3.63, 3.8) is 0 Å². The topological polar surface area (TPSA) is 196 Å². The second-order valence-corrected chi connectivity index (χ2v) is 20.3. The number of esters is 3. The van der Waals surface area contributed by atoms with Crippen molar-refractivity contribution in [3.8, 4) is 0 Å². The Kier molecular flexibility index (Phi) is 13.3. The quantitative estimate of drug-likeness (QED) is 0.125. The van der Waals surface area contributed by atoms with Crippen molar-refractivity contribution in [2.75, 3.05) is 19.8 Å². The number of ketones is 1. The number of aliphatic hydroxyl groups is 1. The number of fused-ring (bicyclic) bond motifs is 5. The van der Waals surface area contributed by atoms with Gasteiger partial charge in [-0.2, -0.15) is 0 Å². The number of carbonyl (C=O) groups is 6. The van der Waals surface area contributed by atoms with Gasteiger partial charge in [0, 0.05) is 32.1 Å². The Morgan fingerprint density at radius 2 is 1.41 bits per heavy atom. The molecule has 0 aromatic heterocycles. The van der Waals surface area contributed by atoms with E-state index in [2.05, 4.69) is 0 Å². The van der Waals surface area contributed by atoms with Crippen LogP contribution in [-0.2, 0) is 52.3 Å². The van der Waals surface area contributed by atoms with E-state index in [-0.39, 0.29) is 23.1 Å². The molecular formula is C37H40Cl6O15. The fraction of sp³-hybridized carbons (Fsp3) is 0.622. The monoisotopic (exact) mass is 934 g/mol. The van der Waals surface area contributed by atoms with Gasteiger partial charge in [-0.15, -0.1) is 0 Å². The number of benzene rings is 1. The van der Waals surface area contributed by atoms with Crippen LogP contribution in [0.15, 0.2) is 41.5 Å². The second-order valence-electron chi connectivity index (χ2n) is 15.3. The SMILES string of the molecule is CC(=O)O[C@H]1C[C@@]2(O)[C@@H](OC(=O)c3ccccc3)[C@@H]3[C@]4(OC(C)=O)CO[C@@H]4C[C@H](OC(=O)OCC(Cl)(Cl)Cl)[C@@]3(C)C(=O)[C@H](OC(=O)OCC(Cl)(Cl)Cl)C(=C1C)C2(C)C. The third-order valence-corrected chi connectivity index (χ3v) is 12.0. The lowest BCUT2D eigenvalue weighted by Crippen LogP contribution is -2.82. The van der Waals surface area contributed by atoms with E-state index in [1.807, 2.05) is 0 Å². The summed E-state index contributed by atoms with van der Waals surface area (Å²) in [7, 11) is 0. The van der Waals surface area contributed by atoms with Gasteiger partial charge in [-0.3, -0.25) is 14.4 Å². The normalized spacial score (nSPS) is 32.7. The van der Waals surface area contributed by atoms with E-state index in [4.69, 9.17) is 108 Å². The molecule has 0 spiro atoms. The van der Waals surface area contributed by atoms with Crippen molar-refractivity contribution in [2.24, 2.45) is 16.7 Å². The smallest absolute Gasteiger partial charge is 0.458 e. The molecule has 4 aliphatic rings. The zero-order chi connectivity index (χ0) is 43.4. The maximum Gasteiger partial charge on any atom is 0.509 e. The predicted molar refractivity (Wildman–Crippen MR) is 206 cm³/mol. The largest absolute Gasteiger partial charge is 0.509 e. The summed E-state index contributed by atoms with van der Waals surface area (Å²) in [4.78, 5) is 82.5. The summed E-state index contributed by atoms with van der Waals surface area (Å²) in [5.41, 5.74) is -8.24. The molecule has 2 saturated carbocycles. The lowest BCUT2D eigenvalue weighted by molar-refractivity contribution is -0.346. The van der Waals surface area contributed by atoms with E-state index >= 15 is 4.79 Å². The van der Waals surface area contributed by atoms with Gasteiger partial charge in [-0.05, 0) is 37.1 Å². The van der Waals surface area contributed by atoms with Crippen molar-refractivity contribution < 1.29 is 71.8 Å². The molecule has 1 heterocycles. The highest BCUT2D eigenvalue weighted by Crippen LogP contribution is 2.65. The Morgan fingerprint density at radius 3 is 1.91 bits per heavy atom. The van der Waals surface area contributed by atoms with Crippen LogP contribution >= 0.6 is 69.6 Å². The summed E-state index contributed by atoms with van der Waals surface area (Å²) in [5.74, 6) is -5.36. The molecule has 21 heteroatoms. The average Bonchev–Trinajstić information content (AvgIpc) is 3.10. The van der Waals surface area contributed by atoms with Crippen LogP contribution in [0.2, 0.25) is 0 Å². The van der Waals surface area contributed by atoms with Gasteiger partial charge < -0.3 is 43.0 Å². The molecular weight excluding hydrogens is 897 g/mol. The summed E-state index contributed by atoms with van der Waals surface area (Å²) in [6.07, 6.45) is -11.9. The maximum atomic E-state index is 15.8. The number of hydrogen-bond donors (Lipinski definition) is 1. The number of rotatable bonds is 8. The first-order valence-corrected chi connectivity index (χ1v) is 20.0. The third-order valence-electron chi connectivity index (χ3n) is 11.3. The minimum atomic E-state index is -2.41. The van der Waals surface area contributed by atoms with Crippen LogP contribution in [0.25, 0.3) is 0 Å². The lowest BCUT2D eigenvalue weighted by Gasteiger charge is -2.67. The molecule has 0 radical (unpaired) electrons. The van der Waals surface area contributed by atoms with E-state index in [1.165, 1.54) is 39.8 Å². The van der Waals surface area contributed by atoms with Crippen LogP contribution in [0.5, 0.6) is 0 Å². The number of hydrogen-bond acceptors (Lipinski definition) is 15. The number of ether oxygens (including phenoxy) is 8. The Labute approximate surface area is 363 Å². The maximum absolute atomic E-state index is 15.8. The summed E-state index contributed by atoms with van der Waals surface area (Å²) in [6, 6.07) is 7.67. The van der Waals surface area contributed by atoms with E-state index < -0.39 is 128 Å². The van der Waals surface area contributed by atoms with Crippen molar-refractivity contribution in [1.82, 2.24) is 0 Å². The highest BCUT2D eigenvalue weighted by molar-refractivity contribution is 6.68. The van der Waals surface area contributed by atoms with E-state index in [0.717, 1.165) is 13.8 Å². The summed E-state index contributed by atoms with van der Waals surface area (Å²) >= 11 is 34.9. The molecule has 2 bridgehead atoms. The molecule has 320 valence electrons. The minimum Gasteiger partial charge on any atom is -0.458 e. The fourth-order valence-corrected chi connectivity index (χ4v) is 9.09. The molecule has 9 atom stereocenters. The fourth-order valence-electron chi connectivity index (χ4n) is 8.76. The van der Waals surface area contributed by atoms with Gasteiger partial charge in [0.25, 0.3) is 0 Å². The zero-order valence-corrected chi connectivity index (χ0v) is 36.4. The molecule has 0 amide bonds. The highest BCUT2D eigenvalue weighted by Gasteiger charge is 2.79. The molecule has 15 nitrogen and oxygen atoms in total. The first-order chi connectivity index (χ1) is 26.7. The molecule has 3 aliphatic carbocycles. The number of alkyl halides is 6. The summed E-state index contributed by atoms with van der Waals surface area (Å²) in [6.45, 7) is 5.98. The van der Waals surface area contributed by atoms with Crippen LogP contribution in [0.4, 0.5) is 9.59 Å². The highest BCUT2D eigenvalue weighted by atomic mass is 35.6. The predicted octanol–water partition coefficient (Wildman–Crippen LogP) is 6.71. The molecule has 5 rings (SSSR count). The van der Waals surface area contributed by atoms with Crippen LogP contribution in [0, 0.1) is 16.7 Å². The van der Waals surface area contributed by atoms with Crippen LogP contribution in [0.1, 0.15) is 64.7 Å². The molecule has 1 N–H and O–H groups in total. The van der Waals surface area contributed by atoms with Gasteiger partial charge >= 0.3 is 30.2 Å². The number of carbonyl (C=O) groups excluding carboxylic acids is 6. The van der Waals surface area contributed by atoms with Gasteiger partial charge in [0.2, 0.25) is 7.59 Å². The molecule has 0 unspecified atom stereocenters. The Morgan fingerprint density at radius 1 is 0.845 bits per heavy atom. The summed E-state index contributed by atoms with van der Waals surface area (Å²) < 4.78 is 41.6. The Bertz CT molecular complexity index is 1860. The van der Waals surface area contributed by atoms with Gasteiger partial charge in [-0.1, -0.05) is 102 Å². The first kappa shape index (κ1) is 46.3. The van der Waals surface area contributed by atoms with E-state index in [1.54, 1.807) is 18.2 Å². The molecule has 1 saturated heterocycles. The Balaban J connectivity index is 1.84. The first-order valence-electron chi connectivity index (χ1n) is 17.7. The van der Waals surface area contributed by atoms with Crippen molar-refractivity contribution in [1.29, 1.82) is 0 Å². The Hall–Kier alpha value is -2.76. The van der Waals surface area contributed by atoms with Gasteiger partial charge in [0.15, 0.2) is 17.5 Å². The molecule has 1 aromatic rings. The van der Waals surface area contributed by atoms with E-state index in [9.17, 15) is 29.1 Å². The van der Waals surface area contributed by atoms with Crippen LogP contribution in [0.3, 0.4) is 0 Å². The molecule has 1 aromatic carbocycles. The van der Waals surface area contributed by atoms with Gasteiger partial charge in [0.1, 0.15) is 43.2 Å². The second kappa shape index (κ2) is 16.6. The van der Waals surface area contributed by atoms with Crippen LogP contribution in [-0.4, -0.2) is 110 Å². The minimum absolute atomic E-state index is 0.0260. The van der Waals surface area contributed by atoms with Gasteiger partial charge in [-0.25, -0.2) is 14.4 Å².